The van der Waals surface area contributed by atoms with Crippen LogP contribution in [0.15, 0.2) is 34.8 Å². The predicted molar refractivity (Wildman–Crippen MR) is 112 cm³/mol. The maximum atomic E-state index is 12.7. The number of rotatable bonds is 3. The van der Waals surface area contributed by atoms with Crippen molar-refractivity contribution in [2.45, 2.75) is 32.6 Å². The third kappa shape index (κ3) is 3.12. The summed E-state index contributed by atoms with van der Waals surface area (Å²) in [5, 5.41) is 3.84. The molecule has 1 aromatic carbocycles. The van der Waals surface area contributed by atoms with Crippen LogP contribution in [0.4, 0.5) is 11.4 Å². The van der Waals surface area contributed by atoms with E-state index in [0.717, 1.165) is 39.1 Å². The molecular weight excluding hydrogens is 410 g/mol. The predicted octanol–water partition coefficient (Wildman–Crippen LogP) is 5.41. The molecule has 0 aliphatic heterocycles. The summed E-state index contributed by atoms with van der Waals surface area (Å²) in [7, 11) is 0. The summed E-state index contributed by atoms with van der Waals surface area (Å²) in [5.74, 6) is 0.529. The molecule has 0 spiro atoms. The summed E-state index contributed by atoms with van der Waals surface area (Å²) in [6, 6.07) is 9.69. The van der Waals surface area contributed by atoms with Gasteiger partial charge in [-0.05, 0) is 64.9 Å². The first kappa shape index (κ1) is 17.5. The molecule has 2 aromatic heterocycles. The monoisotopic (exact) mass is 429 g/mol. The second-order valence-electron chi connectivity index (χ2n) is 6.74. The van der Waals surface area contributed by atoms with Gasteiger partial charge < -0.3 is 11.1 Å². The normalized spacial score (nSPS) is 16.5. The number of nitrogens with zero attached hydrogens (tertiary/aromatic N) is 1. The van der Waals surface area contributed by atoms with Crippen molar-refractivity contribution in [3.63, 3.8) is 0 Å². The van der Waals surface area contributed by atoms with Crippen LogP contribution in [0.3, 0.4) is 0 Å². The average molecular weight is 430 g/mol. The van der Waals surface area contributed by atoms with Crippen LogP contribution < -0.4 is 11.1 Å². The van der Waals surface area contributed by atoms with Crippen molar-refractivity contribution < 1.29 is 4.79 Å². The molecule has 6 heteroatoms. The average Bonchev–Trinajstić information content (AvgIpc) is 2.97. The molecule has 0 fully saturated rings. The van der Waals surface area contributed by atoms with E-state index >= 15 is 0 Å². The second-order valence-corrected chi connectivity index (χ2v) is 8.60. The van der Waals surface area contributed by atoms with E-state index < -0.39 is 0 Å². The van der Waals surface area contributed by atoms with Gasteiger partial charge in [0.15, 0.2) is 0 Å². The van der Waals surface area contributed by atoms with Gasteiger partial charge in [-0.25, -0.2) is 4.98 Å². The molecule has 0 bridgehead atoms. The number of hydrogen-bond donors (Lipinski definition) is 2. The van der Waals surface area contributed by atoms with Gasteiger partial charge in [0.05, 0.1) is 11.4 Å². The molecule has 134 valence electrons. The quantitative estimate of drug-likeness (QED) is 0.584. The summed E-state index contributed by atoms with van der Waals surface area (Å²) >= 11 is 4.83. The fourth-order valence-corrected chi connectivity index (χ4v) is 4.90. The van der Waals surface area contributed by atoms with Gasteiger partial charge in [-0.1, -0.05) is 25.5 Å². The number of thiophene rings is 1. The number of hydrogen-bond acceptors (Lipinski definition) is 4. The number of carbonyl (C=O) groups excluding carboxylic acids is 1. The third-order valence-electron chi connectivity index (χ3n) is 5.09. The number of nitrogens with two attached hydrogens (primary N) is 1. The number of carbonyl (C=O) groups is 1. The Bertz CT molecular complexity index is 998. The van der Waals surface area contributed by atoms with E-state index in [0.29, 0.717) is 10.6 Å². The summed E-state index contributed by atoms with van der Waals surface area (Å²) in [4.78, 5) is 19.0. The van der Waals surface area contributed by atoms with E-state index in [-0.39, 0.29) is 5.91 Å². The molecule has 1 atom stereocenters. The highest BCUT2D eigenvalue weighted by Gasteiger charge is 2.23. The number of fused-ring (bicyclic) bond motifs is 2. The smallest absolute Gasteiger partial charge is 0.267 e. The van der Waals surface area contributed by atoms with Gasteiger partial charge in [0.1, 0.15) is 9.71 Å². The van der Waals surface area contributed by atoms with Gasteiger partial charge in [0, 0.05) is 15.6 Å². The van der Waals surface area contributed by atoms with Crippen LogP contribution >= 0.6 is 27.3 Å². The lowest BCUT2D eigenvalue weighted by atomic mass is 9.85. The van der Waals surface area contributed by atoms with E-state index in [4.69, 9.17) is 10.7 Å². The molecule has 0 radical (unpaired) electrons. The summed E-state index contributed by atoms with van der Waals surface area (Å²) in [6.45, 7) is 2.24. The molecule has 26 heavy (non-hydrogen) atoms. The summed E-state index contributed by atoms with van der Waals surface area (Å²) in [5.41, 5.74) is 10.0. The van der Waals surface area contributed by atoms with E-state index in [2.05, 4.69) is 34.2 Å². The van der Waals surface area contributed by atoms with Gasteiger partial charge in [-0.3, -0.25) is 4.79 Å². The standard InChI is InChI=1S/C20H20BrN3OS/c1-2-11-7-8-15-12(9-11)10-13-17(22)18(26-20(13)24-15)19(25)23-16-6-4-3-5-14(16)21/h3-6,10-11H,2,7-9,22H2,1H3,(H,23,25)/t11-/m0/s1. The highest BCUT2D eigenvalue weighted by atomic mass is 79.9. The van der Waals surface area contributed by atoms with Crippen molar-refractivity contribution in [2.75, 3.05) is 11.1 Å². The van der Waals surface area contributed by atoms with Gasteiger partial charge in [-0.15, -0.1) is 11.3 Å². The number of aryl methyl sites for hydroxylation is 1. The lowest BCUT2D eigenvalue weighted by Gasteiger charge is -2.22. The van der Waals surface area contributed by atoms with Crippen molar-refractivity contribution in [3.8, 4) is 0 Å². The number of nitrogen functional groups attached to an aromatic ring is 1. The van der Waals surface area contributed by atoms with Crippen LogP contribution in [-0.4, -0.2) is 10.9 Å². The van der Waals surface area contributed by atoms with Crippen LogP contribution in [0, 0.1) is 5.92 Å². The Morgan fingerprint density at radius 1 is 1.42 bits per heavy atom. The zero-order valence-corrected chi connectivity index (χ0v) is 16.9. The maximum Gasteiger partial charge on any atom is 0.267 e. The first-order chi connectivity index (χ1) is 12.6. The topological polar surface area (TPSA) is 68.0 Å². The van der Waals surface area contributed by atoms with E-state index in [1.54, 1.807) is 0 Å². The van der Waals surface area contributed by atoms with Crippen molar-refractivity contribution in [3.05, 3.63) is 50.9 Å². The lowest BCUT2D eigenvalue weighted by Crippen LogP contribution is -2.14. The number of para-hydroxylation sites is 1. The highest BCUT2D eigenvalue weighted by molar-refractivity contribution is 9.10. The Labute approximate surface area is 164 Å². The van der Waals surface area contributed by atoms with Crippen LogP contribution in [0.1, 0.15) is 40.7 Å². The van der Waals surface area contributed by atoms with Crippen LogP contribution in [0.2, 0.25) is 0 Å². The van der Waals surface area contributed by atoms with Gasteiger partial charge in [0.2, 0.25) is 0 Å². The molecule has 0 saturated heterocycles. The molecule has 3 aromatic rings. The Morgan fingerprint density at radius 3 is 3.00 bits per heavy atom. The van der Waals surface area contributed by atoms with Crippen molar-refractivity contribution in [2.24, 2.45) is 5.92 Å². The maximum absolute atomic E-state index is 12.7. The third-order valence-corrected chi connectivity index (χ3v) is 6.90. The minimum atomic E-state index is -0.193. The van der Waals surface area contributed by atoms with Gasteiger partial charge >= 0.3 is 0 Å². The minimum Gasteiger partial charge on any atom is -0.397 e. The molecule has 1 aliphatic rings. The molecule has 4 rings (SSSR count). The van der Waals surface area contributed by atoms with E-state index in [9.17, 15) is 4.79 Å². The molecule has 4 nitrogen and oxygen atoms in total. The number of amides is 1. The van der Waals surface area contributed by atoms with Crippen LogP contribution in [0.25, 0.3) is 10.2 Å². The van der Waals surface area contributed by atoms with Crippen molar-refractivity contribution in [1.29, 1.82) is 0 Å². The lowest BCUT2D eigenvalue weighted by molar-refractivity contribution is 0.103. The molecule has 1 amide bonds. The number of nitrogens with one attached hydrogen (secondary N) is 1. The van der Waals surface area contributed by atoms with E-state index in [1.807, 2.05) is 24.3 Å². The fraction of sp³-hybridized carbons (Fsp3) is 0.300. The fourth-order valence-electron chi connectivity index (χ4n) is 3.52. The van der Waals surface area contributed by atoms with Gasteiger partial charge in [0.25, 0.3) is 5.91 Å². The molecule has 1 aliphatic carbocycles. The summed E-state index contributed by atoms with van der Waals surface area (Å²) < 4.78 is 0.840. The number of pyridine rings is 1. The summed E-state index contributed by atoms with van der Waals surface area (Å²) in [6.07, 6.45) is 4.46. The first-order valence-electron chi connectivity index (χ1n) is 8.83. The zero-order chi connectivity index (χ0) is 18.3. The molecular formula is C20H20BrN3OS. The van der Waals surface area contributed by atoms with E-state index in [1.165, 1.54) is 35.4 Å². The second kappa shape index (κ2) is 7.00. The van der Waals surface area contributed by atoms with Crippen molar-refractivity contribution >= 4 is 54.8 Å². The zero-order valence-electron chi connectivity index (χ0n) is 14.5. The SMILES string of the molecule is CC[C@H]1CCc2nc3sc(C(=O)Nc4ccccc4Br)c(N)c3cc2C1. The number of halogens is 1. The Kier molecular flexibility index (Phi) is 4.71. The number of aromatic nitrogens is 1. The highest BCUT2D eigenvalue weighted by Crippen LogP contribution is 2.37. The molecule has 2 heterocycles. The Morgan fingerprint density at radius 2 is 2.23 bits per heavy atom. The van der Waals surface area contributed by atoms with Gasteiger partial charge in [-0.2, -0.15) is 0 Å². The number of benzene rings is 1. The largest absolute Gasteiger partial charge is 0.397 e. The number of anilines is 2. The Hall–Kier alpha value is -1.92. The molecule has 0 saturated carbocycles. The first-order valence-corrected chi connectivity index (χ1v) is 10.4. The van der Waals surface area contributed by atoms with Crippen LogP contribution in [-0.2, 0) is 12.8 Å². The molecule has 0 unspecified atom stereocenters. The van der Waals surface area contributed by atoms with Crippen molar-refractivity contribution in [1.82, 2.24) is 4.98 Å². The molecule has 3 N–H and O–H groups in total. The van der Waals surface area contributed by atoms with Crippen LogP contribution in [0.5, 0.6) is 0 Å². The Balaban J connectivity index is 1.69. The minimum absolute atomic E-state index is 0.193.